The second-order valence-electron chi connectivity index (χ2n) is 3.87. The standard InChI is InChI=1S/C11H17N3O2/c1-8-6-10(14-11(12-2)13-8)16-7-9-4-3-5-15-9/h6,9H,3-5,7H2,1-2H3,(H,12,13,14). The summed E-state index contributed by atoms with van der Waals surface area (Å²) in [6.07, 6.45) is 2.41. The predicted octanol–water partition coefficient (Wildman–Crippen LogP) is 1.38. The summed E-state index contributed by atoms with van der Waals surface area (Å²) < 4.78 is 11.1. The molecule has 16 heavy (non-hydrogen) atoms. The summed E-state index contributed by atoms with van der Waals surface area (Å²) in [7, 11) is 1.79. The van der Waals surface area contributed by atoms with Gasteiger partial charge in [-0.3, -0.25) is 0 Å². The van der Waals surface area contributed by atoms with Crippen LogP contribution in [0, 0.1) is 6.92 Å². The van der Waals surface area contributed by atoms with E-state index < -0.39 is 0 Å². The molecule has 0 aromatic carbocycles. The summed E-state index contributed by atoms with van der Waals surface area (Å²) in [5, 5.41) is 2.90. The Morgan fingerprint density at radius 1 is 1.56 bits per heavy atom. The van der Waals surface area contributed by atoms with Crippen molar-refractivity contribution in [2.24, 2.45) is 0 Å². The van der Waals surface area contributed by atoms with Gasteiger partial charge in [0.05, 0.1) is 6.10 Å². The van der Waals surface area contributed by atoms with Gasteiger partial charge in [0.1, 0.15) is 6.61 Å². The number of aromatic nitrogens is 2. The first-order valence-electron chi connectivity index (χ1n) is 5.56. The molecule has 1 unspecified atom stereocenters. The van der Waals surface area contributed by atoms with E-state index in [0.29, 0.717) is 18.4 Å². The van der Waals surface area contributed by atoms with Gasteiger partial charge in [-0.1, -0.05) is 0 Å². The van der Waals surface area contributed by atoms with Crippen LogP contribution in [-0.4, -0.2) is 36.3 Å². The Labute approximate surface area is 95.2 Å². The van der Waals surface area contributed by atoms with Crippen molar-refractivity contribution in [1.82, 2.24) is 9.97 Å². The van der Waals surface area contributed by atoms with Crippen molar-refractivity contribution in [3.8, 4) is 5.88 Å². The van der Waals surface area contributed by atoms with Gasteiger partial charge in [-0.25, -0.2) is 4.98 Å². The molecule has 1 N–H and O–H groups in total. The molecular formula is C11H17N3O2. The number of ether oxygens (including phenoxy) is 2. The van der Waals surface area contributed by atoms with E-state index in [2.05, 4.69) is 15.3 Å². The fourth-order valence-corrected chi connectivity index (χ4v) is 1.68. The Hall–Kier alpha value is -1.36. The Morgan fingerprint density at radius 2 is 2.44 bits per heavy atom. The molecule has 1 aromatic heterocycles. The molecule has 0 bridgehead atoms. The van der Waals surface area contributed by atoms with Crippen molar-refractivity contribution < 1.29 is 9.47 Å². The first-order chi connectivity index (χ1) is 7.78. The van der Waals surface area contributed by atoms with E-state index in [4.69, 9.17) is 9.47 Å². The second-order valence-corrected chi connectivity index (χ2v) is 3.87. The molecule has 5 nitrogen and oxygen atoms in total. The molecule has 0 spiro atoms. The van der Waals surface area contributed by atoms with Gasteiger partial charge >= 0.3 is 0 Å². The number of nitrogens with one attached hydrogen (secondary N) is 1. The average molecular weight is 223 g/mol. The molecule has 0 aliphatic carbocycles. The molecular weight excluding hydrogens is 206 g/mol. The molecule has 1 saturated heterocycles. The maximum atomic E-state index is 5.60. The third kappa shape index (κ3) is 2.82. The van der Waals surface area contributed by atoms with E-state index in [1.807, 2.05) is 13.0 Å². The molecule has 1 fully saturated rings. The van der Waals surface area contributed by atoms with E-state index >= 15 is 0 Å². The third-order valence-corrected chi connectivity index (χ3v) is 2.50. The molecule has 0 amide bonds. The number of nitrogens with zero attached hydrogens (tertiary/aromatic N) is 2. The smallest absolute Gasteiger partial charge is 0.225 e. The normalized spacial score (nSPS) is 19.8. The fourth-order valence-electron chi connectivity index (χ4n) is 1.68. The molecule has 1 aromatic rings. The molecule has 5 heteroatoms. The van der Waals surface area contributed by atoms with Gasteiger partial charge in [-0.2, -0.15) is 4.98 Å². The van der Waals surface area contributed by atoms with Crippen molar-refractivity contribution in [1.29, 1.82) is 0 Å². The summed E-state index contributed by atoms with van der Waals surface area (Å²) in [4.78, 5) is 8.41. The first-order valence-corrected chi connectivity index (χ1v) is 5.56. The maximum Gasteiger partial charge on any atom is 0.225 e. The minimum Gasteiger partial charge on any atom is -0.475 e. The minimum absolute atomic E-state index is 0.216. The van der Waals surface area contributed by atoms with Crippen molar-refractivity contribution in [3.05, 3.63) is 11.8 Å². The number of rotatable bonds is 4. The number of hydrogen-bond acceptors (Lipinski definition) is 5. The summed E-state index contributed by atoms with van der Waals surface area (Å²) in [5.74, 6) is 1.19. The lowest BCUT2D eigenvalue weighted by molar-refractivity contribution is 0.0663. The monoisotopic (exact) mass is 223 g/mol. The Bertz CT molecular complexity index is 351. The van der Waals surface area contributed by atoms with Crippen LogP contribution in [0.1, 0.15) is 18.5 Å². The lowest BCUT2D eigenvalue weighted by atomic mass is 10.2. The van der Waals surface area contributed by atoms with Crippen molar-refractivity contribution >= 4 is 5.95 Å². The van der Waals surface area contributed by atoms with Gasteiger partial charge < -0.3 is 14.8 Å². The first kappa shape index (κ1) is 11.1. The SMILES string of the molecule is CNc1nc(C)cc(OCC2CCCO2)n1. The molecule has 88 valence electrons. The molecule has 1 atom stereocenters. The lowest BCUT2D eigenvalue weighted by Gasteiger charge is -2.11. The zero-order chi connectivity index (χ0) is 11.4. The summed E-state index contributed by atoms with van der Waals surface area (Å²) in [5.41, 5.74) is 0.890. The maximum absolute atomic E-state index is 5.60. The van der Waals surface area contributed by atoms with E-state index in [9.17, 15) is 0 Å². The Kier molecular flexibility index (Phi) is 3.56. The number of hydrogen-bond donors (Lipinski definition) is 1. The third-order valence-electron chi connectivity index (χ3n) is 2.50. The van der Waals surface area contributed by atoms with E-state index in [-0.39, 0.29) is 6.10 Å². The van der Waals surface area contributed by atoms with Crippen LogP contribution in [0.15, 0.2) is 6.07 Å². The van der Waals surface area contributed by atoms with Crippen molar-refractivity contribution in [2.75, 3.05) is 25.6 Å². The average Bonchev–Trinajstić information content (AvgIpc) is 2.78. The summed E-state index contributed by atoms with van der Waals surface area (Å²) in [6, 6.07) is 1.83. The van der Waals surface area contributed by atoms with E-state index in [1.165, 1.54) is 0 Å². The van der Waals surface area contributed by atoms with Crippen LogP contribution in [0.5, 0.6) is 5.88 Å². The zero-order valence-corrected chi connectivity index (χ0v) is 9.69. The van der Waals surface area contributed by atoms with Crippen LogP contribution in [0.25, 0.3) is 0 Å². The fraction of sp³-hybridized carbons (Fsp3) is 0.636. The van der Waals surface area contributed by atoms with Crippen LogP contribution in [0.2, 0.25) is 0 Å². The van der Waals surface area contributed by atoms with E-state index in [1.54, 1.807) is 7.05 Å². The van der Waals surface area contributed by atoms with Crippen molar-refractivity contribution in [3.63, 3.8) is 0 Å². The van der Waals surface area contributed by atoms with Crippen LogP contribution in [0.3, 0.4) is 0 Å². The summed E-state index contributed by atoms with van der Waals surface area (Å²) in [6.45, 7) is 3.33. The highest BCUT2D eigenvalue weighted by Crippen LogP contribution is 2.15. The lowest BCUT2D eigenvalue weighted by Crippen LogP contribution is -2.17. The molecule has 1 aliphatic rings. The highest BCUT2D eigenvalue weighted by Gasteiger charge is 2.16. The van der Waals surface area contributed by atoms with Crippen LogP contribution in [-0.2, 0) is 4.74 Å². The highest BCUT2D eigenvalue weighted by molar-refractivity contribution is 5.29. The molecule has 0 radical (unpaired) electrons. The van der Waals surface area contributed by atoms with Crippen LogP contribution in [0.4, 0.5) is 5.95 Å². The Balaban J connectivity index is 1.94. The highest BCUT2D eigenvalue weighted by atomic mass is 16.5. The minimum atomic E-state index is 0.216. The van der Waals surface area contributed by atoms with E-state index in [0.717, 1.165) is 25.1 Å². The summed E-state index contributed by atoms with van der Waals surface area (Å²) >= 11 is 0. The second kappa shape index (κ2) is 5.12. The van der Waals surface area contributed by atoms with Gasteiger partial charge in [0.15, 0.2) is 0 Å². The van der Waals surface area contributed by atoms with Crippen LogP contribution < -0.4 is 10.1 Å². The van der Waals surface area contributed by atoms with Gasteiger partial charge in [-0.05, 0) is 19.8 Å². The predicted molar refractivity (Wildman–Crippen MR) is 60.8 cm³/mol. The number of aryl methyl sites for hydroxylation is 1. The molecule has 2 rings (SSSR count). The van der Waals surface area contributed by atoms with Gasteiger partial charge in [0.2, 0.25) is 11.8 Å². The molecule has 1 aliphatic heterocycles. The molecule has 2 heterocycles. The van der Waals surface area contributed by atoms with Crippen molar-refractivity contribution in [2.45, 2.75) is 25.9 Å². The Morgan fingerprint density at radius 3 is 3.12 bits per heavy atom. The largest absolute Gasteiger partial charge is 0.475 e. The quantitative estimate of drug-likeness (QED) is 0.835. The number of anilines is 1. The van der Waals surface area contributed by atoms with Gasteiger partial charge in [0, 0.05) is 25.4 Å². The van der Waals surface area contributed by atoms with Gasteiger partial charge in [-0.15, -0.1) is 0 Å². The van der Waals surface area contributed by atoms with Gasteiger partial charge in [0.25, 0.3) is 0 Å². The topological polar surface area (TPSA) is 56.3 Å². The molecule has 0 saturated carbocycles. The van der Waals surface area contributed by atoms with Crippen LogP contribution >= 0.6 is 0 Å². The zero-order valence-electron chi connectivity index (χ0n) is 9.69.